The lowest BCUT2D eigenvalue weighted by Gasteiger charge is -2.34. The number of carbonyl (C=O) groups is 2. The molecule has 0 spiro atoms. The van der Waals surface area contributed by atoms with Gasteiger partial charge in [0.25, 0.3) is 5.91 Å². The Morgan fingerprint density at radius 1 is 1.43 bits per heavy atom. The number of nitrogens with zero attached hydrogens (tertiary/aromatic N) is 1. The number of nitrogens with two attached hydrogens (primary N) is 1. The first-order valence-corrected chi connectivity index (χ1v) is 7.10. The number of carbonyl (C=O) groups excluding carboxylic acids is 2. The molecule has 2 rings (SSSR count). The Labute approximate surface area is 123 Å². The second-order valence-electron chi connectivity index (χ2n) is 4.85. The summed E-state index contributed by atoms with van der Waals surface area (Å²) in [5.74, 6) is -0.197. The molecule has 6 heteroatoms. The molecule has 6 nitrogen and oxygen atoms in total. The summed E-state index contributed by atoms with van der Waals surface area (Å²) in [5, 5.41) is 0. The van der Waals surface area contributed by atoms with Crippen LogP contribution in [0.2, 0.25) is 0 Å². The summed E-state index contributed by atoms with van der Waals surface area (Å²) in [5.41, 5.74) is 6.78. The molecule has 0 bridgehead atoms. The van der Waals surface area contributed by atoms with Gasteiger partial charge in [-0.2, -0.15) is 0 Å². The lowest BCUT2D eigenvalue weighted by Crippen LogP contribution is -2.48. The second kappa shape index (κ2) is 6.47. The number of ether oxygens (including phenoxy) is 2. The largest absolute Gasteiger partial charge is 0.478 e. The zero-order valence-corrected chi connectivity index (χ0v) is 12.3. The van der Waals surface area contributed by atoms with E-state index in [1.807, 2.05) is 13.8 Å². The van der Waals surface area contributed by atoms with Gasteiger partial charge < -0.3 is 15.2 Å². The predicted octanol–water partition coefficient (Wildman–Crippen LogP) is 1.73. The van der Waals surface area contributed by atoms with Gasteiger partial charge in [-0.05, 0) is 25.0 Å². The molecule has 1 aliphatic heterocycles. The second-order valence-corrected chi connectivity index (χ2v) is 4.85. The first-order chi connectivity index (χ1) is 10.1. The summed E-state index contributed by atoms with van der Waals surface area (Å²) in [4.78, 5) is 25.6. The monoisotopic (exact) mass is 292 g/mol. The van der Waals surface area contributed by atoms with Crippen molar-refractivity contribution in [2.45, 2.75) is 32.8 Å². The van der Waals surface area contributed by atoms with Crippen LogP contribution in [0.3, 0.4) is 0 Å². The van der Waals surface area contributed by atoms with Gasteiger partial charge in [-0.15, -0.1) is 0 Å². The molecule has 0 radical (unpaired) electrons. The highest BCUT2D eigenvalue weighted by molar-refractivity contribution is 6.05. The molecule has 1 aliphatic rings. The van der Waals surface area contributed by atoms with E-state index in [4.69, 9.17) is 15.2 Å². The third-order valence-electron chi connectivity index (χ3n) is 3.24. The number of amides is 1. The van der Waals surface area contributed by atoms with E-state index in [0.717, 1.165) is 6.42 Å². The molecule has 0 saturated carbocycles. The van der Waals surface area contributed by atoms with Gasteiger partial charge in [0.05, 0.1) is 12.3 Å². The van der Waals surface area contributed by atoms with Crippen molar-refractivity contribution in [3.8, 4) is 5.75 Å². The summed E-state index contributed by atoms with van der Waals surface area (Å²) < 4.78 is 10.7. The van der Waals surface area contributed by atoms with E-state index in [-0.39, 0.29) is 12.5 Å². The fourth-order valence-corrected chi connectivity index (χ4v) is 2.22. The van der Waals surface area contributed by atoms with Gasteiger partial charge in [0.15, 0.2) is 6.10 Å². The van der Waals surface area contributed by atoms with Gasteiger partial charge in [-0.1, -0.05) is 19.9 Å². The molecule has 1 heterocycles. The Morgan fingerprint density at radius 3 is 2.86 bits per heavy atom. The van der Waals surface area contributed by atoms with E-state index in [9.17, 15) is 9.59 Å². The Balaban J connectivity index is 2.29. The Hall–Kier alpha value is -2.24. The maximum absolute atomic E-state index is 12.4. The topological polar surface area (TPSA) is 81.9 Å². The summed E-state index contributed by atoms with van der Waals surface area (Å²) in [7, 11) is 0. The summed E-state index contributed by atoms with van der Waals surface area (Å²) in [6, 6.07) is 5.17. The van der Waals surface area contributed by atoms with Gasteiger partial charge in [0.1, 0.15) is 18.0 Å². The van der Waals surface area contributed by atoms with Gasteiger partial charge in [-0.3, -0.25) is 14.5 Å². The normalized spacial score (nSPS) is 17.1. The molecule has 21 heavy (non-hydrogen) atoms. The molecule has 1 aromatic rings. The molecule has 1 atom stereocenters. The van der Waals surface area contributed by atoms with E-state index >= 15 is 0 Å². The van der Waals surface area contributed by atoms with Crippen molar-refractivity contribution < 1.29 is 19.1 Å². The van der Waals surface area contributed by atoms with Crippen LogP contribution in [0.25, 0.3) is 0 Å². The standard InChI is InChI=1S/C15H20N2O4/c1-3-8-20-13(18)9-17-14-10(16)6-5-7-12(14)21-11(4-2)15(17)19/h5-7,11H,3-4,8-9,16H2,1-2H3. The Kier molecular flexibility index (Phi) is 4.67. The molecule has 1 aromatic carbocycles. The van der Waals surface area contributed by atoms with Crippen LogP contribution in [0.5, 0.6) is 5.75 Å². The summed E-state index contributed by atoms with van der Waals surface area (Å²) in [6.45, 7) is 3.95. The number of anilines is 2. The van der Waals surface area contributed by atoms with E-state index in [0.29, 0.717) is 30.2 Å². The highest BCUT2D eigenvalue weighted by Crippen LogP contribution is 2.39. The fraction of sp³-hybridized carbons (Fsp3) is 0.467. The predicted molar refractivity (Wildman–Crippen MR) is 79.2 cm³/mol. The van der Waals surface area contributed by atoms with Gasteiger partial charge in [0.2, 0.25) is 0 Å². The third kappa shape index (κ3) is 3.09. The molecular weight excluding hydrogens is 272 g/mol. The van der Waals surface area contributed by atoms with Crippen LogP contribution in [0.1, 0.15) is 26.7 Å². The average Bonchev–Trinajstić information content (AvgIpc) is 2.47. The van der Waals surface area contributed by atoms with Gasteiger partial charge >= 0.3 is 5.97 Å². The number of benzene rings is 1. The molecule has 0 aliphatic carbocycles. The van der Waals surface area contributed by atoms with Crippen molar-refractivity contribution in [2.75, 3.05) is 23.8 Å². The van der Waals surface area contributed by atoms with Crippen LogP contribution in [-0.2, 0) is 14.3 Å². The van der Waals surface area contributed by atoms with Crippen molar-refractivity contribution >= 4 is 23.3 Å². The Bertz CT molecular complexity index is 544. The minimum atomic E-state index is -0.599. The van der Waals surface area contributed by atoms with E-state index < -0.39 is 12.1 Å². The number of hydrogen-bond donors (Lipinski definition) is 1. The molecular formula is C15H20N2O4. The molecule has 2 N–H and O–H groups in total. The van der Waals surface area contributed by atoms with Gasteiger partial charge in [-0.25, -0.2) is 0 Å². The highest BCUT2D eigenvalue weighted by atomic mass is 16.5. The van der Waals surface area contributed by atoms with Crippen LogP contribution in [0, 0.1) is 0 Å². The SMILES string of the molecule is CCCOC(=O)CN1C(=O)C(CC)Oc2cccc(N)c21. The molecule has 0 aromatic heterocycles. The first kappa shape index (κ1) is 15.2. The number of nitrogen functional groups attached to an aromatic ring is 1. The van der Waals surface area contributed by atoms with Crippen LogP contribution in [0.15, 0.2) is 18.2 Å². The maximum Gasteiger partial charge on any atom is 0.326 e. The van der Waals surface area contributed by atoms with E-state index in [2.05, 4.69) is 0 Å². The van der Waals surface area contributed by atoms with Crippen LogP contribution >= 0.6 is 0 Å². The van der Waals surface area contributed by atoms with E-state index in [1.165, 1.54) is 4.90 Å². The number of esters is 1. The Morgan fingerprint density at radius 2 is 2.19 bits per heavy atom. The number of para-hydroxylation sites is 1. The fourth-order valence-electron chi connectivity index (χ4n) is 2.22. The molecule has 0 fully saturated rings. The van der Waals surface area contributed by atoms with Crippen LogP contribution in [-0.4, -0.2) is 31.1 Å². The van der Waals surface area contributed by atoms with Crippen molar-refractivity contribution in [2.24, 2.45) is 0 Å². The average molecular weight is 292 g/mol. The number of hydrogen-bond acceptors (Lipinski definition) is 5. The lowest BCUT2D eigenvalue weighted by atomic mass is 10.1. The van der Waals surface area contributed by atoms with Crippen molar-refractivity contribution in [3.05, 3.63) is 18.2 Å². The molecule has 1 amide bonds. The quantitative estimate of drug-likeness (QED) is 0.660. The molecule has 0 saturated heterocycles. The first-order valence-electron chi connectivity index (χ1n) is 7.10. The maximum atomic E-state index is 12.4. The zero-order valence-electron chi connectivity index (χ0n) is 12.3. The van der Waals surface area contributed by atoms with Crippen LogP contribution < -0.4 is 15.4 Å². The van der Waals surface area contributed by atoms with Crippen molar-refractivity contribution in [1.82, 2.24) is 0 Å². The van der Waals surface area contributed by atoms with Crippen molar-refractivity contribution in [1.29, 1.82) is 0 Å². The van der Waals surface area contributed by atoms with Crippen LogP contribution in [0.4, 0.5) is 11.4 Å². The highest BCUT2D eigenvalue weighted by Gasteiger charge is 2.35. The lowest BCUT2D eigenvalue weighted by molar-refractivity contribution is -0.143. The minimum absolute atomic E-state index is 0.153. The minimum Gasteiger partial charge on any atom is -0.478 e. The van der Waals surface area contributed by atoms with E-state index in [1.54, 1.807) is 18.2 Å². The van der Waals surface area contributed by atoms with Crippen molar-refractivity contribution in [3.63, 3.8) is 0 Å². The van der Waals surface area contributed by atoms with Gasteiger partial charge in [0, 0.05) is 0 Å². The number of fused-ring (bicyclic) bond motifs is 1. The summed E-state index contributed by atoms with van der Waals surface area (Å²) in [6.07, 6.45) is 0.658. The number of rotatable bonds is 5. The summed E-state index contributed by atoms with van der Waals surface area (Å²) >= 11 is 0. The third-order valence-corrected chi connectivity index (χ3v) is 3.24. The molecule has 114 valence electrons. The molecule has 1 unspecified atom stereocenters. The smallest absolute Gasteiger partial charge is 0.326 e. The zero-order chi connectivity index (χ0) is 15.4.